The molecule has 192 valence electrons. The summed E-state index contributed by atoms with van der Waals surface area (Å²) in [7, 11) is -3.96. The number of benzene rings is 2. The monoisotopic (exact) mass is 550 g/mol. The van der Waals surface area contributed by atoms with E-state index in [1.54, 1.807) is 43.3 Å². The summed E-state index contributed by atoms with van der Waals surface area (Å²) in [6.45, 7) is 1.60. The molecule has 1 atom stereocenters. The highest BCUT2D eigenvalue weighted by Gasteiger charge is 2.32. The summed E-state index contributed by atoms with van der Waals surface area (Å²) >= 11 is 5.95. The van der Waals surface area contributed by atoms with Crippen molar-refractivity contribution in [2.24, 2.45) is 0 Å². The number of aromatic nitrogens is 3. The summed E-state index contributed by atoms with van der Waals surface area (Å²) < 4.78 is 66.3. The largest absolute Gasteiger partial charge is 0.573 e. The molecule has 0 saturated carbocycles. The molecule has 0 aliphatic carbocycles. The fourth-order valence-electron chi connectivity index (χ4n) is 3.48. The second kappa shape index (κ2) is 9.94. The summed E-state index contributed by atoms with van der Waals surface area (Å²) in [6, 6.07) is 11.9. The Labute approximate surface area is 214 Å². The summed E-state index contributed by atoms with van der Waals surface area (Å²) in [6.07, 6.45) is -2.85. The maximum Gasteiger partial charge on any atom is 0.573 e. The van der Waals surface area contributed by atoms with Crippen LogP contribution in [0.4, 0.5) is 13.2 Å². The van der Waals surface area contributed by atoms with Gasteiger partial charge in [-0.15, -0.1) is 13.2 Å². The second-order valence-electron chi connectivity index (χ2n) is 8.02. The van der Waals surface area contributed by atoms with Gasteiger partial charge >= 0.3 is 6.36 Å². The molecule has 0 aliphatic heterocycles. The van der Waals surface area contributed by atoms with Crippen LogP contribution in [-0.4, -0.2) is 41.9 Å². The Morgan fingerprint density at radius 1 is 1.05 bits per heavy atom. The third-order valence-corrected chi connectivity index (χ3v) is 6.44. The Bertz CT molecular complexity index is 1600. The molecule has 4 aromatic rings. The minimum atomic E-state index is -5.08. The van der Waals surface area contributed by atoms with Gasteiger partial charge in [0.2, 0.25) is 0 Å². The number of halogens is 4. The van der Waals surface area contributed by atoms with E-state index in [4.69, 9.17) is 11.6 Å². The van der Waals surface area contributed by atoms with Gasteiger partial charge in [0.1, 0.15) is 11.4 Å². The predicted octanol–water partition coefficient (Wildman–Crippen LogP) is 5.14. The molecule has 0 bridgehead atoms. The standard InChI is InChI=1S/C24H18ClF3N4O4S/c1-13(30-23(33)14-9-16(36-24(26,27)28)11-17(10-14)37(2,34)35)21-22(20-8-7-15(25)12-29-20)32-19-6-4-3-5-18(19)31-21/h3-13H,1-2H3,(H,30,33)/t13-/m0/s1. The van der Waals surface area contributed by atoms with E-state index in [9.17, 15) is 26.4 Å². The lowest BCUT2D eigenvalue weighted by Gasteiger charge is -2.18. The summed E-state index contributed by atoms with van der Waals surface area (Å²) in [5, 5.41) is 3.05. The molecule has 4 rings (SSSR count). The first kappa shape index (κ1) is 26.3. The lowest BCUT2D eigenvalue weighted by atomic mass is 10.1. The number of nitrogens with one attached hydrogen (secondary N) is 1. The molecule has 1 amide bonds. The SMILES string of the molecule is C[C@H](NC(=O)c1cc(OC(F)(F)F)cc(S(C)(=O)=O)c1)c1nc2ccccc2nc1-c1ccc(Cl)cn1. The van der Waals surface area contributed by atoms with E-state index in [1.165, 1.54) is 6.20 Å². The molecule has 1 N–H and O–H groups in total. The number of pyridine rings is 1. The lowest BCUT2D eigenvalue weighted by Crippen LogP contribution is -2.28. The molecule has 8 nitrogen and oxygen atoms in total. The van der Waals surface area contributed by atoms with Crippen molar-refractivity contribution in [3.8, 4) is 17.1 Å². The fraction of sp³-hybridized carbons (Fsp3) is 0.167. The number of hydrogen-bond acceptors (Lipinski definition) is 7. The van der Waals surface area contributed by atoms with Crippen molar-refractivity contribution < 1.29 is 31.1 Å². The van der Waals surface area contributed by atoms with Gasteiger partial charge in [-0.2, -0.15) is 0 Å². The number of hydrogen-bond donors (Lipinski definition) is 1. The van der Waals surface area contributed by atoms with Gasteiger partial charge < -0.3 is 10.1 Å². The van der Waals surface area contributed by atoms with Crippen LogP contribution >= 0.6 is 11.6 Å². The molecule has 0 aliphatic rings. The van der Waals surface area contributed by atoms with Crippen LogP contribution in [0.3, 0.4) is 0 Å². The van der Waals surface area contributed by atoms with Gasteiger partial charge in [0, 0.05) is 18.0 Å². The highest BCUT2D eigenvalue weighted by Crippen LogP contribution is 2.29. The van der Waals surface area contributed by atoms with Crippen LogP contribution in [0.5, 0.6) is 5.75 Å². The highest BCUT2D eigenvalue weighted by atomic mass is 35.5. The number of carbonyl (C=O) groups excluding carboxylic acids is 1. The first-order chi connectivity index (χ1) is 17.3. The third kappa shape index (κ3) is 6.33. The topological polar surface area (TPSA) is 111 Å². The fourth-order valence-corrected chi connectivity index (χ4v) is 4.26. The van der Waals surface area contributed by atoms with Gasteiger partial charge in [0.05, 0.1) is 38.4 Å². The molecule has 0 saturated heterocycles. The van der Waals surface area contributed by atoms with Gasteiger partial charge in [0.25, 0.3) is 5.91 Å². The van der Waals surface area contributed by atoms with Gasteiger partial charge in [0.15, 0.2) is 9.84 Å². The first-order valence-corrected chi connectivity index (χ1v) is 12.9. The van der Waals surface area contributed by atoms with Crippen molar-refractivity contribution in [1.82, 2.24) is 20.3 Å². The van der Waals surface area contributed by atoms with Crippen LogP contribution < -0.4 is 10.1 Å². The van der Waals surface area contributed by atoms with E-state index in [1.807, 2.05) is 0 Å². The summed E-state index contributed by atoms with van der Waals surface area (Å²) in [4.78, 5) is 26.1. The average Bonchev–Trinajstić information content (AvgIpc) is 2.82. The molecule has 0 spiro atoms. The molecule has 0 radical (unpaired) electrons. The van der Waals surface area contributed by atoms with E-state index < -0.39 is 38.8 Å². The number of fused-ring (bicyclic) bond motifs is 1. The zero-order valence-electron chi connectivity index (χ0n) is 19.2. The van der Waals surface area contributed by atoms with Crippen LogP contribution in [0, 0.1) is 0 Å². The smallest absolute Gasteiger partial charge is 0.406 e. The highest BCUT2D eigenvalue weighted by molar-refractivity contribution is 7.90. The van der Waals surface area contributed by atoms with E-state index in [0.29, 0.717) is 39.2 Å². The van der Waals surface area contributed by atoms with E-state index in [0.717, 1.165) is 18.4 Å². The number of para-hydroxylation sites is 2. The summed E-state index contributed by atoms with van der Waals surface area (Å²) in [5.41, 5.74) is 1.87. The second-order valence-corrected chi connectivity index (χ2v) is 10.5. The number of nitrogens with zero attached hydrogens (tertiary/aromatic N) is 3. The average molecular weight is 551 g/mol. The number of alkyl halides is 3. The Morgan fingerprint density at radius 2 is 1.73 bits per heavy atom. The quantitative estimate of drug-likeness (QED) is 0.354. The van der Waals surface area contributed by atoms with Crippen LogP contribution in [0.25, 0.3) is 22.4 Å². The maximum absolute atomic E-state index is 13.1. The number of carbonyl (C=O) groups is 1. The molecule has 0 unspecified atom stereocenters. The van der Waals surface area contributed by atoms with Crippen LogP contribution in [-0.2, 0) is 9.84 Å². The van der Waals surface area contributed by atoms with Crippen molar-refractivity contribution in [2.45, 2.75) is 24.2 Å². The number of amides is 1. The molecule has 37 heavy (non-hydrogen) atoms. The zero-order valence-corrected chi connectivity index (χ0v) is 20.8. The first-order valence-electron chi connectivity index (χ1n) is 10.6. The van der Waals surface area contributed by atoms with Crippen LogP contribution in [0.2, 0.25) is 5.02 Å². The van der Waals surface area contributed by atoms with Crippen LogP contribution in [0.1, 0.15) is 29.0 Å². The Kier molecular flexibility index (Phi) is 7.07. The van der Waals surface area contributed by atoms with Crippen molar-refractivity contribution in [3.63, 3.8) is 0 Å². The minimum absolute atomic E-state index is 0.327. The molecule has 2 heterocycles. The van der Waals surface area contributed by atoms with Crippen LogP contribution in [0.15, 0.2) is 65.7 Å². The van der Waals surface area contributed by atoms with Crippen molar-refractivity contribution in [3.05, 3.63) is 77.1 Å². The van der Waals surface area contributed by atoms with E-state index >= 15 is 0 Å². The van der Waals surface area contributed by atoms with Crippen molar-refractivity contribution in [1.29, 1.82) is 0 Å². The van der Waals surface area contributed by atoms with E-state index in [-0.39, 0.29) is 5.56 Å². The van der Waals surface area contributed by atoms with Gasteiger partial charge in [-0.25, -0.2) is 18.4 Å². The number of sulfone groups is 1. The predicted molar refractivity (Wildman–Crippen MR) is 130 cm³/mol. The molecule has 2 aromatic heterocycles. The normalized spacial score (nSPS) is 12.8. The molecule has 0 fully saturated rings. The van der Waals surface area contributed by atoms with Gasteiger partial charge in [-0.1, -0.05) is 23.7 Å². The molecule has 2 aromatic carbocycles. The number of ether oxygens (including phenoxy) is 1. The Balaban J connectivity index is 1.74. The molecule has 13 heteroatoms. The minimum Gasteiger partial charge on any atom is -0.406 e. The Morgan fingerprint density at radius 3 is 2.32 bits per heavy atom. The third-order valence-electron chi connectivity index (χ3n) is 5.13. The number of rotatable bonds is 6. The Hall–Kier alpha value is -3.77. The van der Waals surface area contributed by atoms with Crippen molar-refractivity contribution >= 4 is 38.4 Å². The van der Waals surface area contributed by atoms with Crippen molar-refractivity contribution in [2.75, 3.05) is 6.26 Å². The van der Waals surface area contributed by atoms with E-state index in [2.05, 4.69) is 25.0 Å². The maximum atomic E-state index is 13.1. The summed E-state index contributed by atoms with van der Waals surface area (Å²) in [5.74, 6) is -1.69. The molecular formula is C24H18ClF3N4O4S. The van der Waals surface area contributed by atoms with Gasteiger partial charge in [-0.3, -0.25) is 9.78 Å². The molecular weight excluding hydrogens is 533 g/mol. The van der Waals surface area contributed by atoms with Gasteiger partial charge in [-0.05, 0) is 49.4 Å². The zero-order chi connectivity index (χ0) is 27.0. The lowest BCUT2D eigenvalue weighted by molar-refractivity contribution is -0.274.